The van der Waals surface area contributed by atoms with Gasteiger partial charge in [0.05, 0.1) is 22.9 Å². The maximum Gasteiger partial charge on any atom is 0.333 e. The van der Waals surface area contributed by atoms with E-state index in [1.807, 2.05) is 30.5 Å². The summed E-state index contributed by atoms with van der Waals surface area (Å²) in [5, 5.41) is 1.74. The first-order chi connectivity index (χ1) is 17.1. The molecular weight excluding hydrogens is 481 g/mol. The number of terminal acetylenes is 1. The molecule has 5 aromatic rings. The minimum Gasteiger partial charge on any atom is -0.493 e. The summed E-state index contributed by atoms with van der Waals surface area (Å²) in [6, 6.07) is 10.0. The van der Waals surface area contributed by atoms with E-state index in [0.717, 1.165) is 17.1 Å². The molecule has 0 radical (unpaired) electrons. The molecule has 0 spiro atoms. The topological polar surface area (TPSA) is 94.1 Å². The molecule has 9 heteroatoms. The number of nitrogens with zero attached hydrogens (tertiary/aromatic N) is 2. The lowest BCUT2D eigenvalue weighted by atomic mass is 10.0. The highest BCUT2D eigenvalue weighted by atomic mass is 32.3. The number of H-pyrrole nitrogens is 1. The molecule has 0 bridgehead atoms. The molecule has 0 aliphatic heterocycles. The molecular formula is C27H22FN3O4S. The van der Waals surface area contributed by atoms with Crippen LogP contribution in [-0.2, 0) is 10.2 Å². The van der Waals surface area contributed by atoms with E-state index < -0.39 is 15.1 Å². The summed E-state index contributed by atoms with van der Waals surface area (Å²) in [5.74, 6) is 2.98. The first-order valence-electron chi connectivity index (χ1n) is 11.3. The van der Waals surface area contributed by atoms with Crippen molar-refractivity contribution in [2.45, 2.75) is 31.7 Å². The van der Waals surface area contributed by atoms with Crippen LogP contribution in [0.15, 0.2) is 58.5 Å². The zero-order valence-electron chi connectivity index (χ0n) is 19.8. The van der Waals surface area contributed by atoms with Gasteiger partial charge in [-0.1, -0.05) is 12.0 Å². The zero-order chi connectivity index (χ0) is 25.8. The average molecular weight is 504 g/mol. The molecule has 0 saturated heterocycles. The van der Waals surface area contributed by atoms with Crippen molar-refractivity contribution in [3.63, 3.8) is 0 Å². The van der Waals surface area contributed by atoms with E-state index in [-0.39, 0.29) is 11.5 Å². The van der Waals surface area contributed by atoms with Crippen LogP contribution >= 0.6 is 0 Å². The van der Waals surface area contributed by atoms with Crippen molar-refractivity contribution >= 4 is 43.1 Å². The number of rotatable bonds is 5. The maximum atomic E-state index is 13.8. The first kappa shape index (κ1) is 23.6. The molecule has 3 aromatic heterocycles. The molecule has 0 unspecified atom stereocenters. The monoisotopic (exact) mass is 503 g/mol. The van der Waals surface area contributed by atoms with Gasteiger partial charge in [0.2, 0.25) is 0 Å². The summed E-state index contributed by atoms with van der Waals surface area (Å²) in [7, 11) is -4.96. The van der Waals surface area contributed by atoms with Crippen molar-refractivity contribution in [1.29, 1.82) is 0 Å². The fraction of sp³-hybridized carbons (Fsp3) is 0.185. The normalized spacial score (nSPS) is 12.0. The number of fused-ring (bicyclic) bond motifs is 4. The number of hydrogen-bond acceptors (Lipinski definition) is 5. The van der Waals surface area contributed by atoms with Crippen LogP contribution in [0.25, 0.3) is 44.0 Å². The molecule has 0 aliphatic rings. The maximum absolute atomic E-state index is 13.8. The molecule has 5 rings (SSSR count). The van der Waals surface area contributed by atoms with Gasteiger partial charge in [0.15, 0.2) is 5.43 Å². The number of aromatic nitrogens is 3. The van der Waals surface area contributed by atoms with Crippen LogP contribution in [0.5, 0.6) is 5.75 Å². The van der Waals surface area contributed by atoms with Crippen LogP contribution in [-0.4, -0.2) is 29.6 Å². The second kappa shape index (κ2) is 8.50. The Balaban J connectivity index is 1.93. The second-order valence-corrected chi connectivity index (χ2v) is 10.0. The number of benzene rings is 2. The van der Waals surface area contributed by atoms with Gasteiger partial charge >= 0.3 is 10.2 Å². The van der Waals surface area contributed by atoms with Crippen molar-refractivity contribution in [1.82, 2.24) is 14.5 Å². The van der Waals surface area contributed by atoms with E-state index in [0.29, 0.717) is 51.0 Å². The van der Waals surface area contributed by atoms with Crippen LogP contribution in [0.3, 0.4) is 0 Å². The summed E-state index contributed by atoms with van der Waals surface area (Å²) in [6.07, 6.45) is 7.94. The van der Waals surface area contributed by atoms with Gasteiger partial charge < -0.3 is 14.3 Å². The highest BCUT2D eigenvalue weighted by Gasteiger charge is 2.21. The van der Waals surface area contributed by atoms with Gasteiger partial charge in [0, 0.05) is 46.0 Å². The van der Waals surface area contributed by atoms with Crippen molar-refractivity contribution in [2.24, 2.45) is 0 Å². The standard InChI is InChI=1S/C27H22FN3O4S/c1-5-16-7-8-19-22(9-16)30-27-25(19)26(32)21-12-24(35-6-2)20(11-23(21)31(27)15(3)4)17-10-18(14-29-13-17)36(28,33)34/h1,7-15,30H,6H2,2-4H3. The van der Waals surface area contributed by atoms with E-state index in [1.165, 1.54) is 12.3 Å². The highest BCUT2D eigenvalue weighted by molar-refractivity contribution is 7.86. The summed E-state index contributed by atoms with van der Waals surface area (Å²) in [4.78, 5) is 20.5. The van der Waals surface area contributed by atoms with Gasteiger partial charge in [0.25, 0.3) is 0 Å². The third-order valence-corrected chi connectivity index (χ3v) is 6.92. The van der Waals surface area contributed by atoms with Crippen LogP contribution < -0.4 is 10.2 Å². The lowest BCUT2D eigenvalue weighted by molar-refractivity contribution is 0.342. The summed E-state index contributed by atoms with van der Waals surface area (Å²) in [5.41, 5.74) is 3.34. The van der Waals surface area contributed by atoms with Crippen molar-refractivity contribution in [3.05, 3.63) is 64.6 Å². The molecule has 0 fully saturated rings. The number of hydrogen-bond donors (Lipinski definition) is 1. The van der Waals surface area contributed by atoms with Gasteiger partial charge in [-0.15, -0.1) is 10.3 Å². The van der Waals surface area contributed by atoms with E-state index >= 15 is 0 Å². The van der Waals surface area contributed by atoms with Crippen LogP contribution in [0.1, 0.15) is 32.4 Å². The third-order valence-electron chi connectivity index (χ3n) is 6.14. The average Bonchev–Trinajstić information content (AvgIpc) is 3.22. The Kier molecular flexibility index (Phi) is 5.57. The lowest BCUT2D eigenvalue weighted by Gasteiger charge is -2.19. The first-order valence-corrected chi connectivity index (χ1v) is 12.7. The SMILES string of the molecule is C#Cc1ccc2c(c1)[nH]c1c2c(=O)c2cc(OCC)c(-c3cncc(S(=O)(=O)F)c3)cc2n1C(C)C. The Morgan fingerprint density at radius 3 is 2.61 bits per heavy atom. The van der Waals surface area contributed by atoms with Gasteiger partial charge in [-0.3, -0.25) is 9.78 Å². The minimum absolute atomic E-state index is 0.0581. The molecule has 182 valence electrons. The van der Waals surface area contributed by atoms with E-state index in [4.69, 9.17) is 11.2 Å². The van der Waals surface area contributed by atoms with Gasteiger partial charge in [-0.25, -0.2) is 0 Å². The lowest BCUT2D eigenvalue weighted by Crippen LogP contribution is -2.13. The van der Waals surface area contributed by atoms with E-state index in [1.54, 1.807) is 25.1 Å². The highest BCUT2D eigenvalue weighted by Crippen LogP contribution is 2.37. The van der Waals surface area contributed by atoms with Gasteiger partial charge in [-0.2, -0.15) is 8.42 Å². The summed E-state index contributed by atoms with van der Waals surface area (Å²) in [6.45, 7) is 6.09. The fourth-order valence-electron chi connectivity index (χ4n) is 4.62. The largest absolute Gasteiger partial charge is 0.493 e. The quantitative estimate of drug-likeness (QED) is 0.259. The molecule has 2 aromatic carbocycles. The molecule has 3 heterocycles. The fourth-order valence-corrected chi connectivity index (χ4v) is 5.08. The van der Waals surface area contributed by atoms with Crippen molar-refractivity contribution in [3.8, 4) is 29.2 Å². The number of nitrogens with one attached hydrogen (secondary N) is 1. The minimum atomic E-state index is -4.96. The van der Waals surface area contributed by atoms with Gasteiger partial charge in [-0.05, 0) is 51.1 Å². The Hall–Kier alpha value is -4.16. The number of halogens is 1. The molecule has 0 atom stereocenters. The number of ether oxygens (including phenoxy) is 1. The predicted molar refractivity (Wildman–Crippen MR) is 139 cm³/mol. The Morgan fingerprint density at radius 2 is 1.94 bits per heavy atom. The zero-order valence-corrected chi connectivity index (χ0v) is 20.6. The number of aromatic amines is 1. The van der Waals surface area contributed by atoms with Gasteiger partial charge in [0.1, 0.15) is 16.3 Å². The molecule has 7 nitrogen and oxygen atoms in total. The Bertz CT molecular complexity index is 1900. The second-order valence-electron chi connectivity index (χ2n) is 8.69. The molecule has 36 heavy (non-hydrogen) atoms. The third kappa shape index (κ3) is 3.71. The Morgan fingerprint density at radius 1 is 1.17 bits per heavy atom. The smallest absolute Gasteiger partial charge is 0.333 e. The Labute approximate surface area is 206 Å². The van der Waals surface area contributed by atoms with E-state index in [9.17, 15) is 17.1 Å². The molecule has 0 aliphatic carbocycles. The van der Waals surface area contributed by atoms with E-state index in [2.05, 4.69) is 15.9 Å². The van der Waals surface area contributed by atoms with Crippen LogP contribution in [0.4, 0.5) is 3.89 Å². The van der Waals surface area contributed by atoms with Crippen molar-refractivity contribution in [2.75, 3.05) is 6.61 Å². The predicted octanol–water partition coefficient (Wildman–Crippen LogP) is 5.32. The van der Waals surface area contributed by atoms with Crippen molar-refractivity contribution < 1.29 is 17.0 Å². The molecule has 1 N–H and O–H groups in total. The molecule has 0 amide bonds. The number of pyridine rings is 2. The molecule has 0 saturated carbocycles. The van der Waals surface area contributed by atoms with Crippen LogP contribution in [0, 0.1) is 12.3 Å². The van der Waals surface area contributed by atoms with Crippen LogP contribution in [0.2, 0.25) is 0 Å². The summed E-state index contributed by atoms with van der Waals surface area (Å²) < 4.78 is 44.6. The summed E-state index contributed by atoms with van der Waals surface area (Å²) >= 11 is 0.